The number of aryl methyl sites for hydroxylation is 1. The summed E-state index contributed by atoms with van der Waals surface area (Å²) in [4.78, 5) is 11.9. The molecule has 0 heterocycles. The quantitative estimate of drug-likeness (QED) is 0.906. The molecule has 0 aliphatic heterocycles. The van der Waals surface area contributed by atoms with Gasteiger partial charge in [0.05, 0.1) is 0 Å². The fourth-order valence-electron chi connectivity index (χ4n) is 1.78. The molecule has 0 spiro atoms. The van der Waals surface area contributed by atoms with Crippen molar-refractivity contribution in [3.05, 3.63) is 70.2 Å². The summed E-state index contributed by atoms with van der Waals surface area (Å²) in [6.45, 7) is 2.62. The van der Waals surface area contributed by atoms with E-state index in [4.69, 9.17) is 11.6 Å². The molecular formula is C16H16ClNO. The molecule has 2 rings (SSSR count). The van der Waals surface area contributed by atoms with E-state index in [9.17, 15) is 4.79 Å². The van der Waals surface area contributed by atoms with E-state index < -0.39 is 0 Å². The van der Waals surface area contributed by atoms with Crippen LogP contribution in [-0.4, -0.2) is 12.5 Å². The summed E-state index contributed by atoms with van der Waals surface area (Å²) in [5.41, 5.74) is 3.01. The third-order valence-electron chi connectivity index (χ3n) is 2.93. The number of hydrogen-bond acceptors (Lipinski definition) is 1. The van der Waals surface area contributed by atoms with Crippen molar-refractivity contribution in [1.82, 2.24) is 5.32 Å². The Morgan fingerprint density at radius 3 is 2.32 bits per heavy atom. The van der Waals surface area contributed by atoms with Crippen molar-refractivity contribution in [3.63, 3.8) is 0 Å². The predicted octanol–water partition coefficient (Wildman–Crippen LogP) is 3.62. The first-order chi connectivity index (χ1) is 9.15. The molecule has 0 aliphatic rings. The summed E-state index contributed by atoms with van der Waals surface area (Å²) >= 11 is 5.82. The van der Waals surface area contributed by atoms with Gasteiger partial charge < -0.3 is 5.32 Å². The molecule has 2 nitrogen and oxygen atoms in total. The highest BCUT2D eigenvalue weighted by atomic mass is 35.5. The van der Waals surface area contributed by atoms with E-state index in [1.165, 1.54) is 0 Å². The van der Waals surface area contributed by atoms with Crippen LogP contribution in [0, 0.1) is 6.92 Å². The van der Waals surface area contributed by atoms with Crippen molar-refractivity contribution in [2.45, 2.75) is 13.3 Å². The molecule has 1 N–H and O–H groups in total. The molecule has 0 fully saturated rings. The van der Waals surface area contributed by atoms with Gasteiger partial charge in [0.25, 0.3) is 5.91 Å². The summed E-state index contributed by atoms with van der Waals surface area (Å²) in [6, 6.07) is 15.2. The van der Waals surface area contributed by atoms with Gasteiger partial charge in [-0.1, -0.05) is 41.4 Å². The molecule has 0 aromatic heterocycles. The van der Waals surface area contributed by atoms with Gasteiger partial charge in [-0.05, 0) is 43.2 Å². The van der Waals surface area contributed by atoms with Crippen molar-refractivity contribution in [1.29, 1.82) is 0 Å². The van der Waals surface area contributed by atoms with Gasteiger partial charge in [-0.3, -0.25) is 4.79 Å². The molecule has 0 saturated carbocycles. The van der Waals surface area contributed by atoms with E-state index in [0.717, 1.165) is 22.6 Å². The lowest BCUT2D eigenvalue weighted by Crippen LogP contribution is -2.25. The molecule has 19 heavy (non-hydrogen) atoms. The summed E-state index contributed by atoms with van der Waals surface area (Å²) in [6.07, 6.45) is 0.800. The summed E-state index contributed by atoms with van der Waals surface area (Å²) < 4.78 is 0. The second kappa shape index (κ2) is 6.39. The lowest BCUT2D eigenvalue weighted by molar-refractivity contribution is 0.0954. The minimum Gasteiger partial charge on any atom is -0.352 e. The van der Waals surface area contributed by atoms with E-state index in [-0.39, 0.29) is 5.91 Å². The van der Waals surface area contributed by atoms with Gasteiger partial charge >= 0.3 is 0 Å². The molecule has 0 bridgehead atoms. The van der Waals surface area contributed by atoms with Gasteiger partial charge in [-0.25, -0.2) is 0 Å². The summed E-state index contributed by atoms with van der Waals surface area (Å²) in [5, 5.41) is 3.64. The summed E-state index contributed by atoms with van der Waals surface area (Å²) in [5.74, 6) is -0.0334. The Kier molecular flexibility index (Phi) is 4.58. The number of nitrogens with one attached hydrogen (secondary N) is 1. The largest absolute Gasteiger partial charge is 0.352 e. The van der Waals surface area contributed by atoms with Crippen molar-refractivity contribution in [3.8, 4) is 0 Å². The van der Waals surface area contributed by atoms with E-state index in [1.807, 2.05) is 55.5 Å². The standard InChI is InChI=1S/C16H16ClNO/c1-12-2-6-14(7-3-12)16(19)18-11-10-13-4-8-15(17)9-5-13/h2-9H,10-11H2,1H3,(H,18,19). The molecule has 98 valence electrons. The Hall–Kier alpha value is -1.80. The molecule has 0 aliphatic carbocycles. The van der Waals surface area contributed by atoms with Crippen LogP contribution in [0.3, 0.4) is 0 Å². The zero-order valence-electron chi connectivity index (χ0n) is 10.8. The molecule has 0 atom stereocenters. The number of hydrogen-bond donors (Lipinski definition) is 1. The van der Waals surface area contributed by atoms with Gasteiger partial charge in [0, 0.05) is 17.1 Å². The average molecular weight is 274 g/mol. The first-order valence-corrected chi connectivity index (χ1v) is 6.62. The Labute approximate surface area is 118 Å². The van der Waals surface area contributed by atoms with Gasteiger partial charge in [-0.15, -0.1) is 0 Å². The van der Waals surface area contributed by atoms with Gasteiger partial charge in [0.2, 0.25) is 0 Å². The zero-order chi connectivity index (χ0) is 13.7. The van der Waals surface area contributed by atoms with Gasteiger partial charge in [0.1, 0.15) is 0 Å². The lowest BCUT2D eigenvalue weighted by atomic mass is 10.1. The number of carbonyl (C=O) groups excluding carboxylic acids is 1. The predicted molar refractivity (Wildman–Crippen MR) is 78.7 cm³/mol. The normalized spacial score (nSPS) is 10.2. The topological polar surface area (TPSA) is 29.1 Å². The van der Waals surface area contributed by atoms with Crippen LogP contribution in [0.1, 0.15) is 21.5 Å². The van der Waals surface area contributed by atoms with E-state index in [2.05, 4.69) is 5.32 Å². The number of halogens is 1. The Morgan fingerprint density at radius 1 is 1.05 bits per heavy atom. The van der Waals surface area contributed by atoms with Crippen LogP contribution in [-0.2, 0) is 6.42 Å². The van der Waals surface area contributed by atoms with E-state index >= 15 is 0 Å². The van der Waals surface area contributed by atoms with Gasteiger partial charge in [0.15, 0.2) is 0 Å². The minimum atomic E-state index is -0.0334. The monoisotopic (exact) mass is 273 g/mol. The van der Waals surface area contributed by atoms with Crippen LogP contribution in [0.2, 0.25) is 5.02 Å². The van der Waals surface area contributed by atoms with E-state index in [1.54, 1.807) is 0 Å². The molecule has 1 amide bonds. The SMILES string of the molecule is Cc1ccc(C(=O)NCCc2ccc(Cl)cc2)cc1. The van der Waals surface area contributed by atoms with Crippen LogP contribution >= 0.6 is 11.6 Å². The molecule has 0 saturated heterocycles. The first kappa shape index (κ1) is 13.6. The third kappa shape index (κ3) is 4.11. The maximum Gasteiger partial charge on any atom is 0.251 e. The molecule has 2 aromatic carbocycles. The van der Waals surface area contributed by atoms with Gasteiger partial charge in [-0.2, -0.15) is 0 Å². The second-order valence-electron chi connectivity index (χ2n) is 4.50. The van der Waals surface area contributed by atoms with Crippen molar-refractivity contribution in [2.24, 2.45) is 0 Å². The Morgan fingerprint density at radius 2 is 1.68 bits per heavy atom. The molecule has 0 radical (unpaired) electrons. The molecule has 3 heteroatoms. The number of carbonyl (C=O) groups is 1. The maximum atomic E-state index is 11.9. The van der Waals surface area contributed by atoms with Crippen molar-refractivity contribution in [2.75, 3.05) is 6.54 Å². The van der Waals surface area contributed by atoms with Crippen LogP contribution in [0.4, 0.5) is 0 Å². The molecule has 0 unspecified atom stereocenters. The van der Waals surface area contributed by atoms with E-state index in [0.29, 0.717) is 12.1 Å². The average Bonchev–Trinajstić information content (AvgIpc) is 2.41. The zero-order valence-corrected chi connectivity index (χ0v) is 11.6. The second-order valence-corrected chi connectivity index (χ2v) is 4.93. The van der Waals surface area contributed by atoms with Crippen LogP contribution in [0.25, 0.3) is 0 Å². The number of benzene rings is 2. The fraction of sp³-hybridized carbons (Fsp3) is 0.188. The molecular weight excluding hydrogens is 258 g/mol. The first-order valence-electron chi connectivity index (χ1n) is 6.24. The van der Waals surface area contributed by atoms with Crippen LogP contribution < -0.4 is 5.32 Å². The fourth-order valence-corrected chi connectivity index (χ4v) is 1.90. The number of amides is 1. The smallest absolute Gasteiger partial charge is 0.251 e. The highest BCUT2D eigenvalue weighted by molar-refractivity contribution is 6.30. The maximum absolute atomic E-state index is 11.9. The third-order valence-corrected chi connectivity index (χ3v) is 3.18. The van der Waals surface area contributed by atoms with Crippen molar-refractivity contribution >= 4 is 17.5 Å². The highest BCUT2D eigenvalue weighted by Crippen LogP contribution is 2.09. The highest BCUT2D eigenvalue weighted by Gasteiger charge is 2.03. The molecule has 2 aromatic rings. The van der Waals surface area contributed by atoms with Crippen molar-refractivity contribution < 1.29 is 4.79 Å². The Bertz CT molecular complexity index is 546. The Balaban J connectivity index is 1.84. The van der Waals surface area contributed by atoms with Crippen LogP contribution in [0.5, 0.6) is 0 Å². The summed E-state index contributed by atoms with van der Waals surface area (Å²) in [7, 11) is 0. The van der Waals surface area contributed by atoms with Crippen LogP contribution in [0.15, 0.2) is 48.5 Å². The lowest BCUT2D eigenvalue weighted by Gasteiger charge is -2.06. The minimum absolute atomic E-state index is 0.0334. The number of rotatable bonds is 4.